The normalized spacial score (nSPS) is 19.9. The average Bonchev–Trinajstić information content (AvgIpc) is 2.38. The number of carbonyl (C=O) groups is 1. The maximum atomic E-state index is 12.1. The van der Waals surface area contributed by atoms with Crippen LogP contribution >= 0.6 is 0 Å². The first-order chi connectivity index (χ1) is 8.65. The van der Waals surface area contributed by atoms with Crippen molar-refractivity contribution in [3.63, 3.8) is 0 Å². The quantitative estimate of drug-likeness (QED) is 0.818. The molecule has 0 bridgehead atoms. The van der Waals surface area contributed by atoms with Gasteiger partial charge in [-0.1, -0.05) is 20.3 Å². The van der Waals surface area contributed by atoms with E-state index in [1.165, 1.54) is 0 Å². The van der Waals surface area contributed by atoms with Crippen molar-refractivity contribution in [1.82, 2.24) is 0 Å². The highest BCUT2D eigenvalue weighted by molar-refractivity contribution is 6.00. The first-order valence-corrected chi connectivity index (χ1v) is 6.53. The summed E-state index contributed by atoms with van der Waals surface area (Å²) in [6, 6.07) is 5.39. The third-order valence-corrected chi connectivity index (χ3v) is 3.53. The van der Waals surface area contributed by atoms with Crippen molar-refractivity contribution in [3.05, 3.63) is 23.8 Å². The number of rotatable bonds is 4. The summed E-state index contributed by atoms with van der Waals surface area (Å²) in [6.45, 7) is 4.30. The largest absolute Gasteiger partial charge is 0.497 e. The van der Waals surface area contributed by atoms with E-state index in [0.29, 0.717) is 23.7 Å². The van der Waals surface area contributed by atoms with Crippen LogP contribution in [0.5, 0.6) is 11.5 Å². The van der Waals surface area contributed by atoms with Gasteiger partial charge in [0.1, 0.15) is 17.6 Å². The van der Waals surface area contributed by atoms with Crippen molar-refractivity contribution in [2.75, 3.05) is 7.11 Å². The Balaban J connectivity index is 2.23. The fourth-order valence-electron chi connectivity index (χ4n) is 2.41. The molecule has 2 unspecified atom stereocenters. The van der Waals surface area contributed by atoms with Gasteiger partial charge in [-0.15, -0.1) is 0 Å². The number of benzene rings is 1. The molecule has 3 heteroatoms. The van der Waals surface area contributed by atoms with Gasteiger partial charge >= 0.3 is 0 Å². The number of Topliss-reactive ketones (excluding diaryl/α,β-unsaturated/α-hetero) is 1. The van der Waals surface area contributed by atoms with Gasteiger partial charge in [-0.3, -0.25) is 4.79 Å². The van der Waals surface area contributed by atoms with E-state index in [2.05, 4.69) is 13.8 Å². The monoisotopic (exact) mass is 248 g/mol. The van der Waals surface area contributed by atoms with Crippen LogP contribution in [0.25, 0.3) is 0 Å². The minimum absolute atomic E-state index is 0.00273. The predicted molar refractivity (Wildman–Crippen MR) is 70.4 cm³/mol. The van der Waals surface area contributed by atoms with Crippen molar-refractivity contribution in [3.8, 4) is 11.5 Å². The molecule has 1 aromatic rings. The van der Waals surface area contributed by atoms with Crippen LogP contribution < -0.4 is 9.47 Å². The molecule has 18 heavy (non-hydrogen) atoms. The number of carbonyl (C=O) groups excluding carboxylic acids is 1. The number of ketones is 1. The van der Waals surface area contributed by atoms with Crippen LogP contribution in [0, 0.1) is 5.92 Å². The molecule has 0 spiro atoms. The molecule has 1 aliphatic heterocycles. The topological polar surface area (TPSA) is 35.5 Å². The van der Waals surface area contributed by atoms with Crippen LogP contribution in [0.3, 0.4) is 0 Å². The van der Waals surface area contributed by atoms with Gasteiger partial charge in [0.15, 0.2) is 5.78 Å². The average molecular weight is 248 g/mol. The minimum atomic E-state index is -0.00273. The third kappa shape index (κ3) is 2.50. The molecule has 0 aliphatic carbocycles. The van der Waals surface area contributed by atoms with E-state index in [9.17, 15) is 4.79 Å². The van der Waals surface area contributed by atoms with Crippen molar-refractivity contribution in [2.45, 2.75) is 39.2 Å². The summed E-state index contributed by atoms with van der Waals surface area (Å²) in [7, 11) is 1.61. The zero-order valence-electron chi connectivity index (χ0n) is 11.2. The minimum Gasteiger partial charge on any atom is -0.497 e. The van der Waals surface area contributed by atoms with Gasteiger partial charge in [-0.05, 0) is 24.5 Å². The molecule has 0 amide bonds. The maximum Gasteiger partial charge on any atom is 0.170 e. The van der Waals surface area contributed by atoms with E-state index >= 15 is 0 Å². The summed E-state index contributed by atoms with van der Waals surface area (Å²) in [5.41, 5.74) is 0.677. The van der Waals surface area contributed by atoms with E-state index in [0.717, 1.165) is 18.6 Å². The molecule has 0 radical (unpaired) electrons. The molecule has 0 N–H and O–H groups in total. The van der Waals surface area contributed by atoms with Gasteiger partial charge in [0.2, 0.25) is 0 Å². The van der Waals surface area contributed by atoms with E-state index in [-0.39, 0.29) is 11.9 Å². The van der Waals surface area contributed by atoms with Crippen molar-refractivity contribution in [1.29, 1.82) is 0 Å². The Kier molecular flexibility index (Phi) is 3.90. The molecule has 98 valence electrons. The lowest BCUT2D eigenvalue weighted by Crippen LogP contribution is -2.32. The molecule has 1 aliphatic rings. The second-order valence-corrected chi connectivity index (χ2v) is 4.91. The van der Waals surface area contributed by atoms with Gasteiger partial charge in [-0.2, -0.15) is 0 Å². The van der Waals surface area contributed by atoms with Crippen LogP contribution in [-0.4, -0.2) is 19.0 Å². The summed E-state index contributed by atoms with van der Waals surface area (Å²) in [5, 5.41) is 0. The summed E-state index contributed by atoms with van der Waals surface area (Å²) in [5.74, 6) is 1.97. The lowest BCUT2D eigenvalue weighted by atomic mass is 9.91. The van der Waals surface area contributed by atoms with Crippen molar-refractivity contribution < 1.29 is 14.3 Å². The Bertz CT molecular complexity index is 439. The molecule has 3 nitrogen and oxygen atoms in total. The summed E-state index contributed by atoms with van der Waals surface area (Å²) < 4.78 is 11.1. The molecule has 2 atom stereocenters. The molecular formula is C15H20O3. The van der Waals surface area contributed by atoms with E-state index in [1.807, 2.05) is 0 Å². The Morgan fingerprint density at radius 1 is 1.50 bits per heavy atom. The maximum absolute atomic E-state index is 12.1. The van der Waals surface area contributed by atoms with Gasteiger partial charge in [0.05, 0.1) is 12.7 Å². The second-order valence-electron chi connectivity index (χ2n) is 4.91. The first kappa shape index (κ1) is 12.9. The Morgan fingerprint density at radius 3 is 2.94 bits per heavy atom. The summed E-state index contributed by atoms with van der Waals surface area (Å²) >= 11 is 0. The van der Waals surface area contributed by atoms with Crippen LogP contribution in [0.15, 0.2) is 18.2 Å². The van der Waals surface area contributed by atoms with E-state index in [4.69, 9.17) is 9.47 Å². The highest BCUT2D eigenvalue weighted by Crippen LogP contribution is 2.34. The Labute approximate surface area is 108 Å². The Morgan fingerprint density at radius 2 is 2.28 bits per heavy atom. The first-order valence-electron chi connectivity index (χ1n) is 6.53. The summed E-state index contributed by atoms with van der Waals surface area (Å²) in [4.78, 5) is 12.1. The molecule has 1 aromatic carbocycles. The number of hydrogen-bond donors (Lipinski definition) is 0. The number of ether oxygens (including phenoxy) is 2. The van der Waals surface area contributed by atoms with Gasteiger partial charge in [0, 0.05) is 12.5 Å². The fourth-order valence-corrected chi connectivity index (χ4v) is 2.41. The SMILES string of the molecule is CCCC(C)C1CC(=O)c2ccc(OC)cc2O1. The van der Waals surface area contributed by atoms with Crippen molar-refractivity contribution >= 4 is 5.78 Å². The lowest BCUT2D eigenvalue weighted by molar-refractivity contribution is 0.0739. The molecule has 2 rings (SSSR count). The molecule has 1 heterocycles. The highest BCUT2D eigenvalue weighted by atomic mass is 16.5. The highest BCUT2D eigenvalue weighted by Gasteiger charge is 2.30. The standard InChI is InChI=1S/C15H20O3/c1-4-5-10(2)14-9-13(16)12-7-6-11(17-3)8-15(12)18-14/h6-8,10,14H,4-5,9H2,1-3H3. The fraction of sp³-hybridized carbons (Fsp3) is 0.533. The second kappa shape index (κ2) is 5.42. The lowest BCUT2D eigenvalue weighted by Gasteiger charge is -2.29. The van der Waals surface area contributed by atoms with Gasteiger partial charge in [-0.25, -0.2) is 0 Å². The molecular weight excluding hydrogens is 228 g/mol. The smallest absolute Gasteiger partial charge is 0.170 e. The Hall–Kier alpha value is -1.51. The number of hydrogen-bond acceptors (Lipinski definition) is 3. The van der Waals surface area contributed by atoms with Crippen LogP contribution in [0.1, 0.15) is 43.5 Å². The molecule has 0 aromatic heterocycles. The molecule has 0 fully saturated rings. The summed E-state index contributed by atoms with van der Waals surface area (Å²) in [6.07, 6.45) is 2.68. The van der Waals surface area contributed by atoms with Crippen LogP contribution in [0.4, 0.5) is 0 Å². The van der Waals surface area contributed by atoms with Crippen LogP contribution in [-0.2, 0) is 0 Å². The van der Waals surface area contributed by atoms with E-state index < -0.39 is 0 Å². The van der Waals surface area contributed by atoms with Gasteiger partial charge < -0.3 is 9.47 Å². The van der Waals surface area contributed by atoms with Crippen molar-refractivity contribution in [2.24, 2.45) is 5.92 Å². The van der Waals surface area contributed by atoms with Crippen LogP contribution in [0.2, 0.25) is 0 Å². The predicted octanol–water partition coefficient (Wildman–Crippen LogP) is 3.47. The number of fused-ring (bicyclic) bond motifs is 1. The number of methoxy groups -OCH3 is 1. The third-order valence-electron chi connectivity index (χ3n) is 3.53. The zero-order valence-corrected chi connectivity index (χ0v) is 11.2. The van der Waals surface area contributed by atoms with E-state index in [1.54, 1.807) is 25.3 Å². The van der Waals surface area contributed by atoms with Gasteiger partial charge in [0.25, 0.3) is 0 Å². The molecule has 0 saturated heterocycles. The zero-order chi connectivity index (χ0) is 13.1. The molecule has 0 saturated carbocycles.